The fourth-order valence-electron chi connectivity index (χ4n) is 1.98. The Morgan fingerprint density at radius 1 is 1.70 bits per heavy atom. The van der Waals surface area contributed by atoms with Crippen LogP contribution in [0.5, 0.6) is 0 Å². The average Bonchev–Trinajstić information content (AvgIpc) is 3.07. The molecule has 1 N–H and O–H groups in total. The van der Waals surface area contributed by atoms with Gasteiger partial charge < -0.3 is 0 Å². The van der Waals surface area contributed by atoms with E-state index in [9.17, 15) is 13.6 Å². The number of carbonyl (C=O) groups excluding carboxylic acids is 1. The van der Waals surface area contributed by atoms with E-state index in [-0.39, 0.29) is 5.92 Å². The Hall–Kier alpha value is -1.25. The predicted molar refractivity (Wildman–Crippen MR) is 81.2 cm³/mol. The first-order chi connectivity index (χ1) is 9.63. The van der Waals surface area contributed by atoms with Crippen molar-refractivity contribution < 1.29 is 13.6 Å². The first-order valence-electron chi connectivity index (χ1n) is 6.43. The number of anilines is 1. The molecular formula is C12H17N3O3S2. The highest BCUT2D eigenvalue weighted by Crippen LogP contribution is 2.25. The van der Waals surface area contributed by atoms with E-state index in [2.05, 4.69) is 12.0 Å². The number of hydrogen-bond acceptors (Lipinski definition) is 4. The molecule has 0 saturated heterocycles. The number of unbranched alkanes of at least 4 members (excludes halogenated alkanes) is 1. The lowest BCUT2D eigenvalue weighted by molar-refractivity contribution is 0.211. The number of hydrazone groups is 1. The van der Waals surface area contributed by atoms with Crippen LogP contribution in [0.1, 0.15) is 26.2 Å². The van der Waals surface area contributed by atoms with Gasteiger partial charge in [0.2, 0.25) is 0 Å². The summed E-state index contributed by atoms with van der Waals surface area (Å²) in [6.07, 6.45) is 4.91. The molecule has 2 unspecified atom stereocenters. The van der Waals surface area contributed by atoms with E-state index in [1.54, 1.807) is 23.7 Å². The zero-order valence-corrected chi connectivity index (χ0v) is 12.8. The molecule has 6 nitrogen and oxygen atoms in total. The summed E-state index contributed by atoms with van der Waals surface area (Å²) in [7, 11) is 0. The minimum Gasteiger partial charge on any atom is -0.289 e. The number of nitrogens with zero attached hydrogens (tertiary/aromatic N) is 3. The smallest absolute Gasteiger partial charge is 0.289 e. The zero-order chi connectivity index (χ0) is 14.5. The molecule has 20 heavy (non-hydrogen) atoms. The lowest BCUT2D eigenvalue weighted by Crippen LogP contribution is -2.41. The average molecular weight is 315 g/mol. The standard InChI is InChI=1S/C12H17N3O3S2/c1-2-3-5-10-8-13-14(9-10)12(16)15(20(17)18)11-6-4-7-19-11/h4,6-8,10H,2-3,5,9H2,1H3,(H,17,18). The van der Waals surface area contributed by atoms with E-state index in [0.717, 1.165) is 23.6 Å². The van der Waals surface area contributed by atoms with Gasteiger partial charge in [0.15, 0.2) is 0 Å². The third-order valence-electron chi connectivity index (χ3n) is 3.01. The van der Waals surface area contributed by atoms with Gasteiger partial charge in [-0.3, -0.25) is 4.55 Å². The van der Waals surface area contributed by atoms with Crippen molar-refractivity contribution in [2.45, 2.75) is 26.2 Å². The molecule has 110 valence electrons. The van der Waals surface area contributed by atoms with Gasteiger partial charge in [0.05, 0.1) is 6.54 Å². The fourth-order valence-corrected chi connectivity index (χ4v) is 3.37. The molecular weight excluding hydrogens is 298 g/mol. The molecule has 2 atom stereocenters. The van der Waals surface area contributed by atoms with E-state index in [4.69, 9.17) is 0 Å². The van der Waals surface area contributed by atoms with Crippen molar-refractivity contribution in [3.63, 3.8) is 0 Å². The highest BCUT2D eigenvalue weighted by Gasteiger charge is 2.31. The molecule has 0 bridgehead atoms. The molecule has 0 aromatic carbocycles. The molecule has 0 aliphatic carbocycles. The molecule has 1 aromatic rings. The second-order valence-electron chi connectivity index (χ2n) is 4.51. The van der Waals surface area contributed by atoms with E-state index < -0.39 is 17.3 Å². The molecule has 2 heterocycles. The molecule has 0 fully saturated rings. The monoisotopic (exact) mass is 315 g/mol. The van der Waals surface area contributed by atoms with Crippen molar-refractivity contribution in [2.24, 2.45) is 11.0 Å². The molecule has 1 aliphatic rings. The SMILES string of the molecule is CCCCC1C=NN(C(=O)N(c2cccs2)S(=O)O)C1. The van der Waals surface area contributed by atoms with Crippen LogP contribution >= 0.6 is 11.3 Å². The molecule has 0 spiro atoms. The molecule has 2 amide bonds. The Labute approximate surface area is 124 Å². The van der Waals surface area contributed by atoms with Crippen LogP contribution in [0.25, 0.3) is 0 Å². The first kappa shape index (κ1) is 15.1. The van der Waals surface area contributed by atoms with Crippen LogP contribution < -0.4 is 4.31 Å². The topological polar surface area (TPSA) is 73.2 Å². The third-order valence-corrected chi connectivity index (χ3v) is 4.64. The molecule has 8 heteroatoms. The Morgan fingerprint density at radius 3 is 3.10 bits per heavy atom. The number of carbonyl (C=O) groups is 1. The fraction of sp³-hybridized carbons (Fsp3) is 0.500. The first-order valence-corrected chi connectivity index (χ1v) is 8.38. The van der Waals surface area contributed by atoms with Gasteiger partial charge in [-0.05, 0) is 23.9 Å². The minimum absolute atomic E-state index is 0.233. The lowest BCUT2D eigenvalue weighted by atomic mass is 10.0. The Bertz CT molecular complexity index is 504. The maximum absolute atomic E-state index is 12.3. The highest BCUT2D eigenvalue weighted by atomic mass is 32.2. The normalized spacial score (nSPS) is 19.3. The van der Waals surface area contributed by atoms with Crippen LogP contribution in [0.2, 0.25) is 0 Å². The van der Waals surface area contributed by atoms with Gasteiger partial charge in [0, 0.05) is 12.1 Å². The van der Waals surface area contributed by atoms with E-state index >= 15 is 0 Å². The van der Waals surface area contributed by atoms with E-state index in [1.807, 2.05) is 0 Å². The maximum atomic E-state index is 12.3. The molecule has 1 aliphatic heterocycles. The summed E-state index contributed by atoms with van der Waals surface area (Å²) in [4.78, 5) is 12.3. The van der Waals surface area contributed by atoms with Crippen molar-refractivity contribution in [2.75, 3.05) is 10.8 Å². The largest absolute Gasteiger partial charge is 0.359 e. The maximum Gasteiger partial charge on any atom is 0.359 e. The summed E-state index contributed by atoms with van der Waals surface area (Å²) in [6, 6.07) is 2.79. The van der Waals surface area contributed by atoms with Gasteiger partial charge >= 0.3 is 6.03 Å². The summed E-state index contributed by atoms with van der Waals surface area (Å²) in [6.45, 7) is 2.58. The van der Waals surface area contributed by atoms with Crippen molar-refractivity contribution in [1.29, 1.82) is 0 Å². The lowest BCUT2D eigenvalue weighted by Gasteiger charge is -2.21. The van der Waals surface area contributed by atoms with E-state index in [1.165, 1.54) is 16.3 Å². The van der Waals surface area contributed by atoms with Gasteiger partial charge in [-0.15, -0.1) is 11.3 Å². The third kappa shape index (κ3) is 3.44. The van der Waals surface area contributed by atoms with Crippen LogP contribution in [-0.4, -0.2) is 32.6 Å². The Morgan fingerprint density at radius 2 is 2.50 bits per heavy atom. The van der Waals surface area contributed by atoms with Gasteiger partial charge in [-0.2, -0.15) is 9.41 Å². The van der Waals surface area contributed by atoms with E-state index in [0.29, 0.717) is 11.5 Å². The van der Waals surface area contributed by atoms with Crippen molar-refractivity contribution in [1.82, 2.24) is 5.01 Å². The van der Waals surface area contributed by atoms with Crippen LogP contribution in [0.15, 0.2) is 22.6 Å². The van der Waals surface area contributed by atoms with Crippen LogP contribution in [0, 0.1) is 5.92 Å². The molecule has 1 aromatic heterocycles. The second-order valence-corrected chi connectivity index (χ2v) is 6.26. The Kier molecular flexibility index (Phi) is 5.27. The number of thiophene rings is 1. The van der Waals surface area contributed by atoms with Crippen LogP contribution in [0.3, 0.4) is 0 Å². The van der Waals surface area contributed by atoms with Crippen molar-refractivity contribution >= 4 is 39.9 Å². The Balaban J connectivity index is 2.04. The number of hydrogen-bond donors (Lipinski definition) is 1. The predicted octanol–water partition coefficient (Wildman–Crippen LogP) is 2.92. The second kappa shape index (κ2) is 6.96. The quantitative estimate of drug-likeness (QED) is 0.849. The van der Waals surface area contributed by atoms with Crippen molar-refractivity contribution in [3.8, 4) is 0 Å². The van der Waals surface area contributed by atoms with Gasteiger partial charge in [-0.1, -0.05) is 19.8 Å². The summed E-state index contributed by atoms with van der Waals surface area (Å²) in [5.74, 6) is 0.233. The molecule has 0 saturated carbocycles. The highest BCUT2D eigenvalue weighted by molar-refractivity contribution is 7.81. The minimum atomic E-state index is -2.40. The number of amides is 2. The summed E-state index contributed by atoms with van der Waals surface area (Å²) in [5.41, 5.74) is 0. The van der Waals surface area contributed by atoms with Crippen molar-refractivity contribution in [3.05, 3.63) is 17.5 Å². The molecule has 0 radical (unpaired) electrons. The number of urea groups is 1. The summed E-state index contributed by atoms with van der Waals surface area (Å²) >= 11 is -1.16. The summed E-state index contributed by atoms with van der Waals surface area (Å²) < 4.78 is 21.6. The van der Waals surface area contributed by atoms with Gasteiger partial charge in [0.25, 0.3) is 11.3 Å². The van der Waals surface area contributed by atoms with Gasteiger partial charge in [-0.25, -0.2) is 14.0 Å². The van der Waals surface area contributed by atoms with Gasteiger partial charge in [0.1, 0.15) is 5.00 Å². The number of rotatable bonds is 5. The van der Waals surface area contributed by atoms with Crippen LogP contribution in [0.4, 0.5) is 9.80 Å². The molecule has 2 rings (SSSR count). The summed E-state index contributed by atoms with van der Waals surface area (Å²) in [5, 5.41) is 7.50. The zero-order valence-electron chi connectivity index (χ0n) is 11.1. The van der Waals surface area contributed by atoms with Crippen LogP contribution in [-0.2, 0) is 11.3 Å².